The lowest BCUT2D eigenvalue weighted by Crippen LogP contribution is -2.18. The van der Waals surface area contributed by atoms with Crippen molar-refractivity contribution < 1.29 is 9.15 Å². The Kier molecular flexibility index (Phi) is 4.60. The fourth-order valence-corrected chi connectivity index (χ4v) is 2.03. The molecule has 4 nitrogen and oxygen atoms in total. The predicted octanol–water partition coefficient (Wildman–Crippen LogP) is 2.38. The minimum absolute atomic E-state index is 0.516. The van der Waals surface area contributed by atoms with Gasteiger partial charge in [-0.1, -0.05) is 12.1 Å². The van der Waals surface area contributed by atoms with Crippen molar-refractivity contribution in [2.24, 2.45) is 5.73 Å². The van der Waals surface area contributed by atoms with E-state index in [0.29, 0.717) is 6.54 Å². The van der Waals surface area contributed by atoms with Crippen LogP contribution < -0.4 is 10.5 Å². The molecule has 0 fully saturated rings. The molecule has 0 amide bonds. The molecule has 1 heterocycles. The second kappa shape index (κ2) is 6.41. The Morgan fingerprint density at radius 3 is 2.53 bits per heavy atom. The van der Waals surface area contributed by atoms with Crippen LogP contribution in [0.2, 0.25) is 0 Å². The molecule has 4 heteroatoms. The molecule has 0 saturated carbocycles. The van der Waals surface area contributed by atoms with Crippen LogP contribution in [0.15, 0.2) is 41.0 Å². The van der Waals surface area contributed by atoms with Gasteiger partial charge in [-0.05, 0) is 30.8 Å². The monoisotopic (exact) mass is 260 g/mol. The Morgan fingerprint density at radius 1 is 1.16 bits per heavy atom. The van der Waals surface area contributed by atoms with Crippen LogP contribution in [0, 0.1) is 0 Å². The van der Waals surface area contributed by atoms with E-state index in [9.17, 15) is 0 Å². The normalized spacial score (nSPS) is 10.9. The second-order valence-corrected chi connectivity index (χ2v) is 4.59. The molecule has 2 N–H and O–H groups in total. The zero-order chi connectivity index (χ0) is 13.7. The largest absolute Gasteiger partial charge is 0.497 e. The molecule has 0 atom stereocenters. The maximum Gasteiger partial charge on any atom is 0.122 e. The fraction of sp³-hybridized carbons (Fsp3) is 0.333. The first-order valence-corrected chi connectivity index (χ1v) is 6.29. The highest BCUT2D eigenvalue weighted by atomic mass is 16.5. The molecule has 19 heavy (non-hydrogen) atoms. The summed E-state index contributed by atoms with van der Waals surface area (Å²) in [7, 11) is 3.74. The van der Waals surface area contributed by atoms with Crippen LogP contribution in [0.3, 0.4) is 0 Å². The summed E-state index contributed by atoms with van der Waals surface area (Å²) in [5.41, 5.74) is 7.97. The highest BCUT2D eigenvalue weighted by Gasteiger charge is 2.08. The SMILES string of the molecule is COc1ccc(CN(C)Cc2occc2CN)cc1. The summed E-state index contributed by atoms with van der Waals surface area (Å²) < 4.78 is 10.6. The molecule has 0 aliphatic heterocycles. The average Bonchev–Trinajstić information content (AvgIpc) is 2.86. The molecule has 0 saturated heterocycles. The van der Waals surface area contributed by atoms with E-state index in [4.69, 9.17) is 14.9 Å². The Balaban J connectivity index is 1.95. The molecule has 1 aromatic heterocycles. The number of hydrogen-bond acceptors (Lipinski definition) is 4. The first-order chi connectivity index (χ1) is 9.22. The fourth-order valence-electron chi connectivity index (χ4n) is 2.03. The van der Waals surface area contributed by atoms with Crippen LogP contribution in [-0.4, -0.2) is 19.1 Å². The number of methoxy groups -OCH3 is 1. The maximum absolute atomic E-state index is 5.66. The summed E-state index contributed by atoms with van der Waals surface area (Å²) in [5, 5.41) is 0. The lowest BCUT2D eigenvalue weighted by atomic mass is 10.2. The van der Waals surface area contributed by atoms with Crippen molar-refractivity contribution >= 4 is 0 Å². The van der Waals surface area contributed by atoms with Crippen molar-refractivity contribution in [3.8, 4) is 5.75 Å². The van der Waals surface area contributed by atoms with Gasteiger partial charge in [0, 0.05) is 18.7 Å². The smallest absolute Gasteiger partial charge is 0.122 e. The Labute approximate surface area is 113 Å². The molecular weight excluding hydrogens is 240 g/mol. The van der Waals surface area contributed by atoms with Crippen molar-refractivity contribution in [2.45, 2.75) is 19.6 Å². The van der Waals surface area contributed by atoms with Gasteiger partial charge in [-0.2, -0.15) is 0 Å². The lowest BCUT2D eigenvalue weighted by Gasteiger charge is -2.16. The van der Waals surface area contributed by atoms with Crippen molar-refractivity contribution in [3.05, 3.63) is 53.5 Å². The molecule has 0 unspecified atom stereocenters. The molecule has 2 rings (SSSR count). The number of rotatable bonds is 6. The quantitative estimate of drug-likeness (QED) is 0.866. The molecule has 0 aliphatic rings. The average molecular weight is 260 g/mol. The Bertz CT molecular complexity index is 505. The first kappa shape index (κ1) is 13.6. The predicted molar refractivity (Wildman–Crippen MR) is 74.8 cm³/mol. The maximum atomic E-state index is 5.66. The summed E-state index contributed by atoms with van der Waals surface area (Å²) in [6.45, 7) is 2.13. The summed E-state index contributed by atoms with van der Waals surface area (Å²) in [4.78, 5) is 2.19. The van der Waals surface area contributed by atoms with Gasteiger partial charge in [0.05, 0.1) is 19.9 Å². The zero-order valence-electron chi connectivity index (χ0n) is 11.4. The molecule has 0 bridgehead atoms. The number of ether oxygens (including phenoxy) is 1. The van der Waals surface area contributed by atoms with Gasteiger partial charge in [-0.15, -0.1) is 0 Å². The standard InChI is InChI=1S/C15H20N2O2/c1-17(11-15-13(9-16)7-8-19-15)10-12-3-5-14(18-2)6-4-12/h3-8H,9-11,16H2,1-2H3. The molecule has 0 spiro atoms. The van der Waals surface area contributed by atoms with Gasteiger partial charge in [0.1, 0.15) is 11.5 Å². The van der Waals surface area contributed by atoms with Crippen molar-refractivity contribution in [1.82, 2.24) is 4.90 Å². The number of hydrogen-bond donors (Lipinski definition) is 1. The van der Waals surface area contributed by atoms with Crippen LogP contribution in [0.4, 0.5) is 0 Å². The highest BCUT2D eigenvalue weighted by molar-refractivity contribution is 5.27. The highest BCUT2D eigenvalue weighted by Crippen LogP contribution is 2.15. The third-order valence-corrected chi connectivity index (χ3v) is 3.08. The molecule has 0 aliphatic carbocycles. The van der Waals surface area contributed by atoms with E-state index in [0.717, 1.165) is 30.2 Å². The van der Waals surface area contributed by atoms with E-state index in [-0.39, 0.29) is 0 Å². The molecule has 1 aromatic carbocycles. The van der Waals surface area contributed by atoms with E-state index in [1.807, 2.05) is 18.2 Å². The Hall–Kier alpha value is -1.78. The third-order valence-electron chi connectivity index (χ3n) is 3.08. The van der Waals surface area contributed by atoms with E-state index < -0.39 is 0 Å². The van der Waals surface area contributed by atoms with Crippen molar-refractivity contribution in [1.29, 1.82) is 0 Å². The van der Waals surface area contributed by atoms with Gasteiger partial charge in [0.25, 0.3) is 0 Å². The number of nitrogens with two attached hydrogens (primary N) is 1. The number of nitrogens with zero attached hydrogens (tertiary/aromatic N) is 1. The third kappa shape index (κ3) is 3.59. The van der Waals surface area contributed by atoms with Crippen molar-refractivity contribution in [3.63, 3.8) is 0 Å². The lowest BCUT2D eigenvalue weighted by molar-refractivity contribution is 0.286. The topological polar surface area (TPSA) is 51.6 Å². The zero-order valence-corrected chi connectivity index (χ0v) is 11.4. The molecule has 0 radical (unpaired) electrons. The van der Waals surface area contributed by atoms with Gasteiger partial charge in [-0.3, -0.25) is 4.90 Å². The number of benzene rings is 1. The van der Waals surface area contributed by atoms with E-state index in [2.05, 4.69) is 24.1 Å². The van der Waals surface area contributed by atoms with Crippen LogP contribution in [-0.2, 0) is 19.6 Å². The van der Waals surface area contributed by atoms with Crippen LogP contribution in [0.5, 0.6) is 5.75 Å². The minimum atomic E-state index is 0.516. The van der Waals surface area contributed by atoms with Gasteiger partial charge in [-0.25, -0.2) is 0 Å². The molecule has 2 aromatic rings. The minimum Gasteiger partial charge on any atom is -0.497 e. The summed E-state index contributed by atoms with van der Waals surface area (Å²) in [6.07, 6.45) is 1.69. The van der Waals surface area contributed by atoms with Gasteiger partial charge in [0.2, 0.25) is 0 Å². The summed E-state index contributed by atoms with van der Waals surface area (Å²) in [5.74, 6) is 1.82. The molecular formula is C15H20N2O2. The van der Waals surface area contributed by atoms with E-state index in [1.54, 1.807) is 13.4 Å². The summed E-state index contributed by atoms with van der Waals surface area (Å²) in [6, 6.07) is 10.0. The number of furan rings is 1. The van der Waals surface area contributed by atoms with Crippen LogP contribution in [0.1, 0.15) is 16.9 Å². The van der Waals surface area contributed by atoms with Crippen LogP contribution >= 0.6 is 0 Å². The molecule has 102 valence electrons. The second-order valence-electron chi connectivity index (χ2n) is 4.59. The van der Waals surface area contributed by atoms with Crippen molar-refractivity contribution in [2.75, 3.05) is 14.2 Å². The first-order valence-electron chi connectivity index (χ1n) is 6.29. The van der Waals surface area contributed by atoms with Crippen LogP contribution in [0.25, 0.3) is 0 Å². The summed E-state index contributed by atoms with van der Waals surface area (Å²) >= 11 is 0. The van der Waals surface area contributed by atoms with E-state index >= 15 is 0 Å². The van der Waals surface area contributed by atoms with Gasteiger partial charge >= 0.3 is 0 Å². The van der Waals surface area contributed by atoms with Gasteiger partial charge < -0.3 is 14.9 Å². The van der Waals surface area contributed by atoms with E-state index in [1.165, 1.54) is 5.56 Å². The Morgan fingerprint density at radius 2 is 1.89 bits per heavy atom. The van der Waals surface area contributed by atoms with Gasteiger partial charge in [0.15, 0.2) is 0 Å².